The van der Waals surface area contributed by atoms with Gasteiger partial charge in [0.1, 0.15) is 5.69 Å². The van der Waals surface area contributed by atoms with Gasteiger partial charge in [0, 0.05) is 18.4 Å². The molecule has 2 aromatic carbocycles. The second-order valence-corrected chi connectivity index (χ2v) is 5.53. The molecule has 0 fully saturated rings. The highest BCUT2D eigenvalue weighted by Gasteiger charge is 2.13. The van der Waals surface area contributed by atoms with Crippen LogP contribution < -0.4 is 5.32 Å². The van der Waals surface area contributed by atoms with E-state index in [-0.39, 0.29) is 5.91 Å². The van der Waals surface area contributed by atoms with Crippen molar-refractivity contribution in [2.75, 3.05) is 6.54 Å². The largest absolute Gasteiger partial charge is 0.350 e. The molecule has 23 heavy (non-hydrogen) atoms. The molecule has 0 aliphatic heterocycles. The van der Waals surface area contributed by atoms with Gasteiger partial charge in [-0.15, -0.1) is 0 Å². The maximum atomic E-state index is 12.4. The molecule has 1 amide bonds. The summed E-state index contributed by atoms with van der Waals surface area (Å²) < 4.78 is 2.25. The summed E-state index contributed by atoms with van der Waals surface area (Å²) in [6, 6.07) is 19.7. The Morgan fingerprint density at radius 1 is 1.04 bits per heavy atom. The smallest absolute Gasteiger partial charge is 0.269 e. The Balaban J connectivity index is 1.72. The van der Waals surface area contributed by atoms with Gasteiger partial charge >= 0.3 is 0 Å². The van der Waals surface area contributed by atoms with Gasteiger partial charge in [-0.1, -0.05) is 48.5 Å². The van der Waals surface area contributed by atoms with Gasteiger partial charge in [-0.25, -0.2) is 0 Å². The average molecular weight is 323 g/mol. The zero-order valence-electron chi connectivity index (χ0n) is 12.5. The zero-order chi connectivity index (χ0) is 16.1. The summed E-state index contributed by atoms with van der Waals surface area (Å²) in [4.78, 5) is 15.4. The topological polar surface area (TPSA) is 49.8 Å². The van der Waals surface area contributed by atoms with Gasteiger partial charge in [0.2, 0.25) is 0 Å². The molecule has 4 nitrogen and oxygen atoms in total. The van der Waals surface area contributed by atoms with E-state index >= 15 is 0 Å². The average Bonchev–Trinajstić information content (AvgIpc) is 2.98. The number of hydrogen-bond acceptors (Lipinski definition) is 2. The number of rotatable bonds is 5. The van der Waals surface area contributed by atoms with E-state index in [0.717, 1.165) is 12.1 Å². The summed E-state index contributed by atoms with van der Waals surface area (Å²) in [5, 5.41) is 2.94. The molecule has 5 heteroatoms. The molecule has 0 atom stereocenters. The van der Waals surface area contributed by atoms with Crippen LogP contribution in [0.15, 0.2) is 66.9 Å². The molecule has 0 radical (unpaired) electrons. The third-order valence-corrected chi connectivity index (χ3v) is 3.87. The molecule has 3 rings (SSSR count). The fourth-order valence-electron chi connectivity index (χ4n) is 2.42. The Morgan fingerprint density at radius 3 is 2.39 bits per heavy atom. The molecule has 3 aromatic rings. The molecule has 0 saturated heterocycles. The van der Waals surface area contributed by atoms with Gasteiger partial charge in [-0.2, -0.15) is 0 Å². The molecular formula is C18H17N3OS. The predicted octanol–water partition coefficient (Wildman–Crippen LogP) is 3.51. The summed E-state index contributed by atoms with van der Waals surface area (Å²) in [7, 11) is 0. The standard InChI is InChI=1S/C18H17N3OS/c22-17(19-12-11-14-7-3-1-4-8-14)16-13-20-18(23)21(16)15-9-5-2-6-10-15/h1-10,13H,11-12H2,(H,19,22)(H,20,23). The van der Waals surface area contributed by atoms with E-state index in [2.05, 4.69) is 10.3 Å². The molecule has 1 aromatic heterocycles. The van der Waals surface area contributed by atoms with E-state index in [1.165, 1.54) is 5.56 Å². The van der Waals surface area contributed by atoms with Gasteiger partial charge in [0.05, 0.1) is 0 Å². The monoisotopic (exact) mass is 323 g/mol. The first-order valence-electron chi connectivity index (χ1n) is 7.43. The van der Waals surface area contributed by atoms with Crippen molar-refractivity contribution in [2.24, 2.45) is 0 Å². The number of para-hydroxylation sites is 1. The number of hydrogen-bond donors (Lipinski definition) is 2. The summed E-state index contributed by atoms with van der Waals surface area (Å²) in [6.45, 7) is 0.579. The van der Waals surface area contributed by atoms with Crippen LogP contribution in [0, 0.1) is 4.77 Å². The number of aromatic amines is 1. The first kappa shape index (κ1) is 15.2. The Morgan fingerprint density at radius 2 is 1.70 bits per heavy atom. The summed E-state index contributed by atoms with van der Waals surface area (Å²) >= 11 is 5.29. The van der Waals surface area contributed by atoms with E-state index in [4.69, 9.17) is 12.2 Å². The van der Waals surface area contributed by atoms with Gasteiger partial charge in [0.15, 0.2) is 4.77 Å². The van der Waals surface area contributed by atoms with Crippen molar-refractivity contribution in [1.82, 2.24) is 14.9 Å². The number of imidazole rings is 1. The van der Waals surface area contributed by atoms with Crippen molar-refractivity contribution >= 4 is 18.1 Å². The predicted molar refractivity (Wildman–Crippen MR) is 93.4 cm³/mol. The second-order valence-electron chi connectivity index (χ2n) is 5.14. The van der Waals surface area contributed by atoms with Gasteiger partial charge < -0.3 is 10.3 Å². The van der Waals surface area contributed by atoms with Crippen LogP contribution in [0.4, 0.5) is 0 Å². The fourth-order valence-corrected chi connectivity index (χ4v) is 2.69. The lowest BCUT2D eigenvalue weighted by atomic mass is 10.1. The van der Waals surface area contributed by atoms with Crippen LogP contribution in [0.25, 0.3) is 5.69 Å². The fraction of sp³-hybridized carbons (Fsp3) is 0.111. The van der Waals surface area contributed by atoms with E-state index in [1.54, 1.807) is 10.8 Å². The molecule has 0 saturated carbocycles. The number of nitrogens with zero attached hydrogens (tertiary/aromatic N) is 1. The quantitative estimate of drug-likeness (QED) is 0.706. The van der Waals surface area contributed by atoms with Crippen molar-refractivity contribution < 1.29 is 4.79 Å². The Kier molecular flexibility index (Phi) is 4.68. The third-order valence-electron chi connectivity index (χ3n) is 3.57. The molecule has 2 N–H and O–H groups in total. The first-order chi connectivity index (χ1) is 11.3. The number of H-pyrrole nitrogens is 1. The minimum Gasteiger partial charge on any atom is -0.350 e. The maximum Gasteiger partial charge on any atom is 0.269 e. The number of nitrogens with one attached hydrogen (secondary N) is 2. The van der Waals surface area contributed by atoms with Crippen molar-refractivity contribution in [3.63, 3.8) is 0 Å². The molecule has 0 unspecified atom stereocenters. The Labute approximate surface area is 139 Å². The van der Waals surface area contributed by atoms with E-state index < -0.39 is 0 Å². The van der Waals surface area contributed by atoms with Gasteiger partial charge in [-0.05, 0) is 36.3 Å². The lowest BCUT2D eigenvalue weighted by Gasteiger charge is -2.09. The van der Waals surface area contributed by atoms with E-state index in [0.29, 0.717) is 17.0 Å². The van der Waals surface area contributed by atoms with Crippen molar-refractivity contribution in [3.05, 3.63) is 82.9 Å². The molecule has 0 spiro atoms. The minimum atomic E-state index is -0.142. The Bertz CT molecular complexity index is 837. The minimum absolute atomic E-state index is 0.142. The number of carbonyl (C=O) groups excluding carboxylic acids is 1. The van der Waals surface area contributed by atoms with Crippen molar-refractivity contribution in [2.45, 2.75) is 6.42 Å². The van der Waals surface area contributed by atoms with E-state index in [9.17, 15) is 4.79 Å². The van der Waals surface area contributed by atoms with Crippen LogP contribution >= 0.6 is 12.2 Å². The van der Waals surface area contributed by atoms with Crippen LogP contribution in [0.2, 0.25) is 0 Å². The van der Waals surface area contributed by atoms with Gasteiger partial charge in [0.25, 0.3) is 5.91 Å². The molecule has 0 bridgehead atoms. The highest BCUT2D eigenvalue weighted by Crippen LogP contribution is 2.12. The van der Waals surface area contributed by atoms with Gasteiger partial charge in [-0.3, -0.25) is 9.36 Å². The summed E-state index contributed by atoms with van der Waals surface area (Å²) in [5.41, 5.74) is 2.57. The highest BCUT2D eigenvalue weighted by molar-refractivity contribution is 7.71. The lowest BCUT2D eigenvalue weighted by Crippen LogP contribution is -2.27. The normalized spacial score (nSPS) is 10.4. The second kappa shape index (κ2) is 7.07. The third kappa shape index (κ3) is 3.57. The van der Waals surface area contributed by atoms with E-state index in [1.807, 2.05) is 60.7 Å². The molecule has 116 valence electrons. The molecular weight excluding hydrogens is 306 g/mol. The maximum absolute atomic E-state index is 12.4. The van der Waals surface area contributed by atoms with Crippen molar-refractivity contribution in [3.8, 4) is 5.69 Å². The first-order valence-corrected chi connectivity index (χ1v) is 7.84. The van der Waals surface area contributed by atoms with Crippen molar-refractivity contribution in [1.29, 1.82) is 0 Å². The SMILES string of the molecule is O=C(NCCc1ccccc1)c1c[nH]c(=S)n1-c1ccccc1. The van der Waals surface area contributed by atoms with Crippen LogP contribution in [0.3, 0.4) is 0 Å². The van der Waals surface area contributed by atoms with Crippen LogP contribution in [-0.2, 0) is 6.42 Å². The number of amides is 1. The number of benzene rings is 2. The highest BCUT2D eigenvalue weighted by atomic mass is 32.1. The zero-order valence-corrected chi connectivity index (χ0v) is 13.3. The van der Waals surface area contributed by atoms with Crippen LogP contribution in [0.1, 0.15) is 16.1 Å². The number of aromatic nitrogens is 2. The molecule has 1 heterocycles. The number of carbonyl (C=O) groups is 1. The lowest BCUT2D eigenvalue weighted by molar-refractivity contribution is 0.0947. The Hall–Kier alpha value is -2.66. The molecule has 0 aliphatic carbocycles. The summed E-state index contributed by atoms with van der Waals surface area (Å²) in [6.07, 6.45) is 2.44. The van der Waals surface area contributed by atoms with Crippen LogP contribution in [0.5, 0.6) is 0 Å². The molecule has 0 aliphatic rings. The summed E-state index contributed by atoms with van der Waals surface area (Å²) in [5.74, 6) is -0.142. The van der Waals surface area contributed by atoms with Crippen LogP contribution in [-0.4, -0.2) is 22.0 Å².